The molecule has 1 aromatic rings. The molecule has 0 aromatic carbocycles. The van der Waals surface area contributed by atoms with Gasteiger partial charge in [0, 0.05) is 11.9 Å². The van der Waals surface area contributed by atoms with Gasteiger partial charge >= 0.3 is 0 Å². The van der Waals surface area contributed by atoms with Crippen molar-refractivity contribution in [3.05, 3.63) is 23.8 Å². The number of ketones is 1. The van der Waals surface area contributed by atoms with Gasteiger partial charge in [0.05, 0.1) is 0 Å². The number of Topliss-reactive ketones (excluding diaryl/α,β-unsaturated/α-hetero) is 1. The molecule has 1 heterocycles. The van der Waals surface area contributed by atoms with E-state index in [9.17, 15) is 4.79 Å². The first-order valence-electron chi connectivity index (χ1n) is 4.74. The van der Waals surface area contributed by atoms with Gasteiger partial charge in [-0.2, -0.15) is 0 Å². The Labute approximate surface area is 86.6 Å². The fourth-order valence-electron chi connectivity index (χ4n) is 0.460. The Balaban J connectivity index is 0. The Bertz CT molecular complexity index is 234. The van der Waals surface area contributed by atoms with Gasteiger partial charge in [-0.1, -0.05) is 13.8 Å². The van der Waals surface area contributed by atoms with E-state index in [2.05, 4.69) is 9.97 Å². The van der Waals surface area contributed by atoms with Crippen molar-refractivity contribution in [1.29, 1.82) is 0 Å². The predicted octanol–water partition coefficient (Wildman–Crippen LogP) is 2.71. The van der Waals surface area contributed by atoms with E-state index in [0.717, 1.165) is 11.3 Å². The molecule has 0 bridgehead atoms. The first kappa shape index (κ1) is 15.2. The lowest BCUT2D eigenvalue weighted by atomic mass is 10.3. The summed E-state index contributed by atoms with van der Waals surface area (Å²) in [6.07, 6.45) is 3.37. The number of carbonyl (C=O) groups is 1. The Morgan fingerprint density at radius 2 is 1.64 bits per heavy atom. The van der Waals surface area contributed by atoms with Crippen molar-refractivity contribution in [3.63, 3.8) is 0 Å². The zero-order chi connectivity index (χ0) is 11.6. The van der Waals surface area contributed by atoms with Crippen LogP contribution < -0.4 is 0 Å². The number of aryl methyl sites for hydroxylation is 2. The Morgan fingerprint density at radius 3 is 1.86 bits per heavy atom. The van der Waals surface area contributed by atoms with Crippen molar-refractivity contribution in [2.75, 3.05) is 0 Å². The molecule has 0 N–H and O–H groups in total. The lowest BCUT2D eigenvalue weighted by Crippen LogP contribution is -1.85. The van der Waals surface area contributed by atoms with Gasteiger partial charge < -0.3 is 4.79 Å². The average molecular weight is 196 g/mol. The van der Waals surface area contributed by atoms with Gasteiger partial charge in [-0.05, 0) is 33.3 Å². The van der Waals surface area contributed by atoms with E-state index in [0.29, 0.717) is 0 Å². The molecule has 0 saturated heterocycles. The highest BCUT2D eigenvalue weighted by atomic mass is 16.1. The highest BCUT2D eigenvalue weighted by Gasteiger charge is 1.86. The van der Waals surface area contributed by atoms with Crippen LogP contribution >= 0.6 is 0 Å². The second kappa shape index (κ2) is 9.84. The lowest BCUT2D eigenvalue weighted by Gasteiger charge is -1.91. The second-order valence-corrected chi connectivity index (χ2v) is 2.70. The first-order valence-corrected chi connectivity index (χ1v) is 4.74. The summed E-state index contributed by atoms with van der Waals surface area (Å²) >= 11 is 0. The normalized spacial score (nSPS) is 7.57. The largest absolute Gasteiger partial charge is 0.300 e. The van der Waals surface area contributed by atoms with E-state index in [1.54, 1.807) is 6.33 Å². The maximum Gasteiger partial charge on any atom is 0.126 e. The molecule has 0 unspecified atom stereocenters. The maximum atomic E-state index is 9.44. The van der Waals surface area contributed by atoms with E-state index < -0.39 is 0 Å². The number of hydrogen-bond acceptors (Lipinski definition) is 3. The third kappa shape index (κ3) is 10.8. The van der Waals surface area contributed by atoms with Crippen LogP contribution in [0.15, 0.2) is 12.5 Å². The number of carbonyl (C=O) groups excluding carboxylic acids is 1. The number of nitrogens with zero attached hydrogens (tertiary/aromatic N) is 2. The summed E-state index contributed by atoms with van der Waals surface area (Å²) in [5.41, 5.74) is 2.20. The number of rotatable bonds is 0. The summed E-state index contributed by atoms with van der Waals surface area (Å²) < 4.78 is 0. The SMILES string of the molecule is CC.CC(C)=O.Cc1cncnc1C. The van der Waals surface area contributed by atoms with Gasteiger partial charge in [0.1, 0.15) is 12.1 Å². The molecule has 0 radical (unpaired) electrons. The van der Waals surface area contributed by atoms with E-state index >= 15 is 0 Å². The van der Waals surface area contributed by atoms with Crippen molar-refractivity contribution in [2.45, 2.75) is 41.5 Å². The van der Waals surface area contributed by atoms with E-state index in [1.807, 2.05) is 33.9 Å². The monoisotopic (exact) mass is 196 g/mol. The topological polar surface area (TPSA) is 42.9 Å². The molecule has 14 heavy (non-hydrogen) atoms. The quantitative estimate of drug-likeness (QED) is 0.640. The standard InChI is InChI=1S/C6H8N2.C3H6O.C2H6/c1-5-3-7-4-8-6(5)2;1-3(2)4;1-2/h3-4H,1-2H3;1-2H3;1-2H3. The molecule has 0 aliphatic rings. The van der Waals surface area contributed by atoms with E-state index in [4.69, 9.17) is 0 Å². The van der Waals surface area contributed by atoms with Crippen LogP contribution in [0.1, 0.15) is 39.0 Å². The molecule has 0 atom stereocenters. The molecule has 1 aromatic heterocycles. The van der Waals surface area contributed by atoms with Crippen molar-refractivity contribution >= 4 is 5.78 Å². The Hall–Kier alpha value is -1.25. The summed E-state index contributed by atoms with van der Waals surface area (Å²) in [6, 6.07) is 0. The highest BCUT2D eigenvalue weighted by Crippen LogP contribution is 1.95. The maximum absolute atomic E-state index is 9.44. The minimum absolute atomic E-state index is 0.167. The van der Waals surface area contributed by atoms with Crippen LogP contribution in [0.3, 0.4) is 0 Å². The third-order valence-electron chi connectivity index (χ3n) is 1.16. The Kier molecular flexibility index (Phi) is 10.7. The van der Waals surface area contributed by atoms with Crippen LogP contribution in [0.5, 0.6) is 0 Å². The molecule has 0 saturated carbocycles. The molecular weight excluding hydrogens is 176 g/mol. The third-order valence-corrected chi connectivity index (χ3v) is 1.16. The second-order valence-electron chi connectivity index (χ2n) is 2.70. The average Bonchev–Trinajstić information content (AvgIpc) is 2.13. The number of hydrogen-bond donors (Lipinski definition) is 0. The van der Waals surface area contributed by atoms with Crippen LogP contribution in [-0.4, -0.2) is 15.8 Å². The molecular formula is C11H20N2O. The minimum Gasteiger partial charge on any atom is -0.300 e. The van der Waals surface area contributed by atoms with Crippen LogP contribution in [-0.2, 0) is 4.79 Å². The summed E-state index contributed by atoms with van der Waals surface area (Å²) in [5, 5.41) is 0. The molecule has 0 fully saturated rings. The van der Waals surface area contributed by atoms with E-state index in [1.165, 1.54) is 13.8 Å². The zero-order valence-electron chi connectivity index (χ0n) is 9.96. The van der Waals surface area contributed by atoms with Gasteiger partial charge in [0.15, 0.2) is 0 Å². The van der Waals surface area contributed by atoms with Gasteiger partial charge in [-0.15, -0.1) is 0 Å². The van der Waals surface area contributed by atoms with Crippen LogP contribution in [0.25, 0.3) is 0 Å². The molecule has 0 aliphatic heterocycles. The van der Waals surface area contributed by atoms with Crippen LogP contribution in [0.2, 0.25) is 0 Å². The Morgan fingerprint density at radius 1 is 1.21 bits per heavy atom. The van der Waals surface area contributed by atoms with Crippen LogP contribution in [0.4, 0.5) is 0 Å². The molecule has 1 rings (SSSR count). The molecule has 3 nitrogen and oxygen atoms in total. The first-order chi connectivity index (χ1) is 6.54. The molecule has 0 spiro atoms. The summed E-state index contributed by atoms with van der Waals surface area (Å²) in [6.45, 7) is 11.0. The molecule has 0 aliphatic carbocycles. The van der Waals surface area contributed by atoms with Crippen molar-refractivity contribution < 1.29 is 4.79 Å². The van der Waals surface area contributed by atoms with Gasteiger partial charge in [-0.3, -0.25) is 0 Å². The fourth-order valence-corrected chi connectivity index (χ4v) is 0.460. The van der Waals surface area contributed by atoms with Crippen molar-refractivity contribution in [1.82, 2.24) is 9.97 Å². The number of aromatic nitrogens is 2. The van der Waals surface area contributed by atoms with Gasteiger partial charge in [0.25, 0.3) is 0 Å². The van der Waals surface area contributed by atoms with Crippen LogP contribution in [0, 0.1) is 13.8 Å². The molecule has 80 valence electrons. The van der Waals surface area contributed by atoms with Crippen molar-refractivity contribution in [2.24, 2.45) is 0 Å². The fraction of sp³-hybridized carbons (Fsp3) is 0.545. The lowest BCUT2D eigenvalue weighted by molar-refractivity contribution is -0.114. The molecule has 0 amide bonds. The molecule has 3 heteroatoms. The van der Waals surface area contributed by atoms with Gasteiger partial charge in [-0.25, -0.2) is 9.97 Å². The predicted molar refractivity (Wildman–Crippen MR) is 59.2 cm³/mol. The van der Waals surface area contributed by atoms with Gasteiger partial charge in [0.2, 0.25) is 0 Å². The smallest absolute Gasteiger partial charge is 0.126 e. The summed E-state index contributed by atoms with van der Waals surface area (Å²) in [4.78, 5) is 17.2. The summed E-state index contributed by atoms with van der Waals surface area (Å²) in [5.74, 6) is 0.167. The summed E-state index contributed by atoms with van der Waals surface area (Å²) in [7, 11) is 0. The van der Waals surface area contributed by atoms with E-state index in [-0.39, 0.29) is 5.78 Å². The highest BCUT2D eigenvalue weighted by molar-refractivity contribution is 5.72. The van der Waals surface area contributed by atoms with Crippen molar-refractivity contribution in [3.8, 4) is 0 Å². The zero-order valence-corrected chi connectivity index (χ0v) is 9.96. The minimum atomic E-state index is 0.167.